The summed E-state index contributed by atoms with van der Waals surface area (Å²) in [5.74, 6) is -2.76. The number of amides is 2. The minimum absolute atomic E-state index is 0.00785. The lowest BCUT2D eigenvalue weighted by molar-refractivity contribution is -0.170. The van der Waals surface area contributed by atoms with E-state index in [4.69, 9.17) is 23.7 Å². The van der Waals surface area contributed by atoms with Crippen LogP contribution in [0.5, 0.6) is 0 Å². The monoisotopic (exact) mass is 768 g/mol. The van der Waals surface area contributed by atoms with Gasteiger partial charge in [0.1, 0.15) is 30.0 Å². The number of halogens is 1. The fourth-order valence-corrected chi connectivity index (χ4v) is 6.34. The Balaban J connectivity index is 1.55. The van der Waals surface area contributed by atoms with Crippen molar-refractivity contribution in [2.45, 2.75) is 122 Å². The van der Waals surface area contributed by atoms with Gasteiger partial charge in [0, 0.05) is 40.2 Å². The van der Waals surface area contributed by atoms with Crippen LogP contribution in [0, 0.1) is 5.92 Å². The van der Waals surface area contributed by atoms with Gasteiger partial charge in [0.15, 0.2) is 12.7 Å². The van der Waals surface area contributed by atoms with Crippen LogP contribution in [-0.4, -0.2) is 103 Å². The van der Waals surface area contributed by atoms with Gasteiger partial charge in [-0.2, -0.15) is 0 Å². The van der Waals surface area contributed by atoms with E-state index in [-0.39, 0.29) is 25.4 Å². The van der Waals surface area contributed by atoms with Crippen LogP contribution in [0.2, 0.25) is 0 Å². The first-order valence-electron chi connectivity index (χ1n) is 19.0. The lowest BCUT2D eigenvalue weighted by Crippen LogP contribution is -2.52. The summed E-state index contributed by atoms with van der Waals surface area (Å²) in [7, 11) is 2.74. The summed E-state index contributed by atoms with van der Waals surface area (Å²) in [6.45, 7) is 8.27. The van der Waals surface area contributed by atoms with E-state index in [1.165, 1.54) is 32.8 Å². The van der Waals surface area contributed by atoms with Crippen molar-refractivity contribution in [1.29, 1.82) is 0 Å². The highest BCUT2D eigenvalue weighted by atomic mass is 19.1. The molecule has 12 nitrogen and oxygen atoms in total. The average molecular weight is 769 g/mol. The molecule has 0 spiro atoms. The Hall–Kier alpha value is -4.52. The lowest BCUT2D eigenvalue weighted by Gasteiger charge is -2.34. The Labute approximate surface area is 323 Å². The van der Waals surface area contributed by atoms with Crippen LogP contribution >= 0.6 is 0 Å². The zero-order valence-corrected chi connectivity index (χ0v) is 33.2. The van der Waals surface area contributed by atoms with Crippen LogP contribution < -0.4 is 0 Å². The molecule has 3 atom stereocenters. The lowest BCUT2D eigenvalue weighted by atomic mass is 9.90. The van der Waals surface area contributed by atoms with Crippen LogP contribution in [0.25, 0.3) is 0 Å². The molecule has 302 valence electrons. The summed E-state index contributed by atoms with van der Waals surface area (Å²) in [5.41, 5.74) is -0.221. The molecule has 1 saturated heterocycles. The SMILES string of the molecule is CN(C(=O)OC(C)(C)C)[C@@H](CC(C)(C)F)C(=O)O[C@H](Cc1ccc(C2CCOCC2)cc1)C(=O)N(C)[C@@H](CC1CC1)C(=O)OCC(=O)OCc1ccccc1. The van der Waals surface area contributed by atoms with Crippen molar-refractivity contribution in [3.8, 4) is 0 Å². The van der Waals surface area contributed by atoms with Crippen LogP contribution in [0.4, 0.5) is 9.18 Å². The third-order valence-electron chi connectivity index (χ3n) is 9.64. The molecule has 0 aromatic heterocycles. The van der Waals surface area contributed by atoms with Crippen LogP contribution in [0.3, 0.4) is 0 Å². The molecule has 4 rings (SSSR count). The summed E-state index contributed by atoms with van der Waals surface area (Å²) in [5, 5.41) is 0. The number of carbonyl (C=O) groups is 5. The van der Waals surface area contributed by atoms with Gasteiger partial charge in [-0.15, -0.1) is 0 Å². The smallest absolute Gasteiger partial charge is 0.410 e. The summed E-state index contributed by atoms with van der Waals surface area (Å²) in [6.07, 6.45) is 0.956. The second-order valence-corrected chi connectivity index (χ2v) is 16.2. The van der Waals surface area contributed by atoms with E-state index in [1.54, 1.807) is 32.9 Å². The number of hydrogen-bond acceptors (Lipinski definition) is 10. The second-order valence-electron chi connectivity index (χ2n) is 16.2. The molecular weight excluding hydrogens is 711 g/mol. The number of benzene rings is 2. The fourth-order valence-electron chi connectivity index (χ4n) is 6.34. The fraction of sp³-hybridized carbons (Fsp3) is 0.595. The third-order valence-corrected chi connectivity index (χ3v) is 9.64. The quantitative estimate of drug-likeness (QED) is 0.133. The molecule has 0 bridgehead atoms. The molecule has 55 heavy (non-hydrogen) atoms. The summed E-state index contributed by atoms with van der Waals surface area (Å²) in [4.78, 5) is 69.6. The zero-order valence-electron chi connectivity index (χ0n) is 33.2. The van der Waals surface area contributed by atoms with Gasteiger partial charge in [-0.3, -0.25) is 9.69 Å². The molecule has 1 aliphatic heterocycles. The van der Waals surface area contributed by atoms with E-state index in [1.807, 2.05) is 42.5 Å². The maximum atomic E-state index is 15.2. The predicted molar refractivity (Wildman–Crippen MR) is 202 cm³/mol. The van der Waals surface area contributed by atoms with Crippen molar-refractivity contribution in [2.75, 3.05) is 33.9 Å². The summed E-state index contributed by atoms with van der Waals surface area (Å²) < 4.78 is 42.7. The molecule has 0 unspecified atom stereocenters. The van der Waals surface area contributed by atoms with E-state index in [9.17, 15) is 24.0 Å². The second kappa shape index (κ2) is 19.4. The van der Waals surface area contributed by atoms with Gasteiger partial charge in [0.05, 0.1) is 0 Å². The number of nitrogens with zero attached hydrogens (tertiary/aromatic N) is 2. The van der Waals surface area contributed by atoms with Crippen molar-refractivity contribution < 1.29 is 52.0 Å². The highest BCUT2D eigenvalue weighted by Gasteiger charge is 2.41. The van der Waals surface area contributed by atoms with Gasteiger partial charge in [-0.05, 0) is 82.4 Å². The van der Waals surface area contributed by atoms with Gasteiger partial charge in [0.2, 0.25) is 0 Å². The van der Waals surface area contributed by atoms with Crippen LogP contribution in [0.15, 0.2) is 54.6 Å². The zero-order chi connectivity index (χ0) is 40.3. The number of ether oxygens (including phenoxy) is 5. The van der Waals surface area contributed by atoms with Gasteiger partial charge in [0.25, 0.3) is 5.91 Å². The first kappa shape index (κ1) is 43.2. The number of alkyl halides is 1. The van der Waals surface area contributed by atoms with Crippen LogP contribution in [0.1, 0.15) is 95.8 Å². The summed E-state index contributed by atoms with van der Waals surface area (Å²) >= 11 is 0. The van der Waals surface area contributed by atoms with E-state index in [0.29, 0.717) is 24.7 Å². The van der Waals surface area contributed by atoms with Crippen molar-refractivity contribution in [3.05, 3.63) is 71.3 Å². The minimum Gasteiger partial charge on any atom is -0.458 e. The molecule has 0 N–H and O–H groups in total. The minimum atomic E-state index is -1.91. The summed E-state index contributed by atoms with van der Waals surface area (Å²) in [6, 6.07) is 14.2. The molecule has 2 aromatic rings. The molecule has 1 saturated carbocycles. The maximum Gasteiger partial charge on any atom is 0.410 e. The number of hydrogen-bond donors (Lipinski definition) is 0. The normalized spacial score (nSPS) is 16.6. The Morgan fingerprint density at radius 2 is 1.44 bits per heavy atom. The molecule has 2 aromatic carbocycles. The maximum absolute atomic E-state index is 15.2. The molecule has 2 fully saturated rings. The molecule has 2 amide bonds. The highest BCUT2D eigenvalue weighted by molar-refractivity contribution is 5.90. The van der Waals surface area contributed by atoms with Gasteiger partial charge >= 0.3 is 24.0 Å². The van der Waals surface area contributed by atoms with Gasteiger partial charge in [-0.25, -0.2) is 23.6 Å². The van der Waals surface area contributed by atoms with Crippen molar-refractivity contribution in [3.63, 3.8) is 0 Å². The molecule has 0 radical (unpaired) electrons. The van der Waals surface area contributed by atoms with E-state index < -0.39 is 72.4 Å². The topological polar surface area (TPSA) is 138 Å². The van der Waals surface area contributed by atoms with E-state index in [2.05, 4.69) is 0 Å². The first-order chi connectivity index (χ1) is 25.9. The Bertz CT molecular complexity index is 1590. The van der Waals surface area contributed by atoms with E-state index >= 15 is 4.39 Å². The van der Waals surface area contributed by atoms with Crippen molar-refractivity contribution in [1.82, 2.24) is 9.80 Å². The van der Waals surface area contributed by atoms with Gasteiger partial charge in [-0.1, -0.05) is 67.4 Å². The molecule has 13 heteroatoms. The third kappa shape index (κ3) is 14.2. The molecule has 2 aliphatic rings. The first-order valence-corrected chi connectivity index (χ1v) is 19.0. The molecule has 1 heterocycles. The van der Waals surface area contributed by atoms with Gasteiger partial charge < -0.3 is 28.6 Å². The number of likely N-dealkylation sites (N-methyl/N-ethyl adjacent to an activating group) is 2. The standard InChI is InChI=1S/C42H57FN2O10/c1-41(2,3)55-40(50)45(7)34(25-42(4,5)43)39(49)54-35(24-29-15-17-31(18-16-29)32-19-21-51-22-20-32)37(47)44(6)33(23-28-13-14-28)38(48)53-27-36(46)52-26-30-11-9-8-10-12-30/h8-12,15-18,28,32-35H,13-14,19-27H2,1-7H3/t33-,34-,35+/m0/s1. The number of carbonyl (C=O) groups excluding carboxylic acids is 5. The van der Waals surface area contributed by atoms with Crippen molar-refractivity contribution >= 4 is 29.9 Å². The van der Waals surface area contributed by atoms with Crippen molar-refractivity contribution in [2.24, 2.45) is 5.92 Å². The molecule has 1 aliphatic carbocycles. The number of esters is 3. The number of rotatable bonds is 17. The Kier molecular flexibility index (Phi) is 15.2. The van der Waals surface area contributed by atoms with E-state index in [0.717, 1.165) is 41.7 Å². The molecular formula is C42H57FN2O10. The Morgan fingerprint density at radius 3 is 2.02 bits per heavy atom. The highest BCUT2D eigenvalue weighted by Crippen LogP contribution is 2.35. The largest absolute Gasteiger partial charge is 0.458 e. The van der Waals surface area contributed by atoms with Crippen LogP contribution in [-0.2, 0) is 55.9 Å². The Morgan fingerprint density at radius 1 is 0.800 bits per heavy atom. The average Bonchev–Trinajstić information content (AvgIpc) is 3.97. The predicted octanol–water partition coefficient (Wildman–Crippen LogP) is 6.32.